The highest BCUT2D eigenvalue weighted by Crippen LogP contribution is 2.31. The molecular weight excluding hydrogens is 602 g/mol. The number of aliphatic hydroxyl groups is 6. The number of rotatable bonds is 13. The van der Waals surface area contributed by atoms with E-state index >= 15 is 0 Å². The fourth-order valence-corrected chi connectivity index (χ4v) is 5.50. The lowest BCUT2D eigenvalue weighted by Crippen LogP contribution is -2.69. The summed E-state index contributed by atoms with van der Waals surface area (Å²) in [6.07, 6.45) is -14.5. The Kier molecular flexibility index (Phi) is 14.2. The van der Waals surface area contributed by atoms with Gasteiger partial charge in [-0.1, -0.05) is 0 Å². The summed E-state index contributed by atoms with van der Waals surface area (Å²) in [5.41, 5.74) is 40.9. The lowest BCUT2D eigenvalue weighted by Gasteiger charge is -2.48. The summed E-state index contributed by atoms with van der Waals surface area (Å²) >= 11 is 0. The Hall–Kier alpha value is -1.70. The van der Waals surface area contributed by atoms with Gasteiger partial charge in [0.15, 0.2) is 18.7 Å². The number of amidine groups is 1. The van der Waals surface area contributed by atoms with E-state index in [9.17, 15) is 35.4 Å². The minimum atomic E-state index is -2.01. The number of nitrogens with one attached hydrogen (secondary N) is 1. The summed E-state index contributed by atoms with van der Waals surface area (Å²) < 4.78 is 23.5. The van der Waals surface area contributed by atoms with Gasteiger partial charge in [0, 0.05) is 18.6 Å². The lowest BCUT2D eigenvalue weighted by molar-refractivity contribution is -0.314. The summed E-state index contributed by atoms with van der Waals surface area (Å²) in [5, 5.41) is 65.2. The largest absolute Gasteiger partial charge is 0.394 e. The average molecular weight is 654 g/mol. The molecule has 0 aromatic carbocycles. The highest BCUT2D eigenvalue weighted by atomic mass is 16.7. The molecule has 1 saturated carbocycles. The first-order valence-corrected chi connectivity index (χ1v) is 14.9. The van der Waals surface area contributed by atoms with Crippen LogP contribution in [0.1, 0.15) is 19.3 Å². The lowest BCUT2D eigenvalue weighted by atomic mass is 9.83. The smallest absolute Gasteiger partial charge is 0.251 e. The van der Waals surface area contributed by atoms with Crippen LogP contribution in [0.15, 0.2) is 4.99 Å². The van der Waals surface area contributed by atoms with Gasteiger partial charge in [0.05, 0.1) is 43.9 Å². The van der Waals surface area contributed by atoms with E-state index in [4.69, 9.17) is 59.1 Å². The molecule has 1 aliphatic carbocycles. The van der Waals surface area contributed by atoms with E-state index in [0.29, 0.717) is 12.8 Å². The van der Waals surface area contributed by atoms with Crippen LogP contribution in [-0.2, 0) is 23.7 Å². The normalized spacial score (nSPS) is 41.7. The summed E-state index contributed by atoms with van der Waals surface area (Å²) in [6.45, 7) is -0.620. The number of nitrogens with zero attached hydrogens (tertiary/aromatic N) is 1. The van der Waals surface area contributed by atoms with Gasteiger partial charge in [-0.05, 0) is 19.3 Å². The molecule has 0 radical (unpaired) electrons. The number of carbonyl (C=O) groups excluding carboxylic acids is 1. The predicted octanol–water partition coefficient (Wildman–Crippen LogP) is -8.74. The van der Waals surface area contributed by atoms with Crippen molar-refractivity contribution in [2.75, 3.05) is 26.2 Å². The van der Waals surface area contributed by atoms with Gasteiger partial charge in [-0.25, -0.2) is 0 Å². The molecule has 2 saturated heterocycles. The molecule has 20 heteroatoms. The van der Waals surface area contributed by atoms with Crippen molar-refractivity contribution in [3.63, 3.8) is 0 Å². The highest BCUT2D eigenvalue weighted by Gasteiger charge is 2.51. The van der Waals surface area contributed by atoms with Crippen molar-refractivity contribution in [3.8, 4) is 0 Å². The second-order valence-corrected chi connectivity index (χ2v) is 11.7. The second kappa shape index (κ2) is 16.9. The maximum atomic E-state index is 12.9. The Morgan fingerprint density at radius 3 is 2.24 bits per heavy atom. The molecule has 2 heterocycles. The average Bonchev–Trinajstić information content (AvgIpc) is 3.03. The van der Waals surface area contributed by atoms with Crippen molar-refractivity contribution in [2.24, 2.45) is 45.1 Å². The van der Waals surface area contributed by atoms with Gasteiger partial charge in [0.2, 0.25) is 0 Å². The van der Waals surface area contributed by atoms with Crippen molar-refractivity contribution in [1.29, 1.82) is 0 Å². The van der Waals surface area contributed by atoms with Gasteiger partial charge in [-0.2, -0.15) is 0 Å². The fraction of sp³-hybridized carbons (Fsp3) is 0.920. The monoisotopic (exact) mass is 653 g/mol. The minimum Gasteiger partial charge on any atom is -0.394 e. The molecule has 0 aromatic rings. The zero-order valence-electron chi connectivity index (χ0n) is 24.9. The molecule has 20 nitrogen and oxygen atoms in total. The van der Waals surface area contributed by atoms with Crippen molar-refractivity contribution < 1.29 is 54.4 Å². The van der Waals surface area contributed by atoms with Crippen molar-refractivity contribution >= 4 is 11.7 Å². The van der Waals surface area contributed by atoms with Crippen LogP contribution in [-0.4, -0.2) is 166 Å². The van der Waals surface area contributed by atoms with E-state index in [2.05, 4.69) is 10.3 Å². The van der Waals surface area contributed by atoms with Crippen LogP contribution in [0.2, 0.25) is 0 Å². The standard InChI is InChI=1S/C25H51N9O11/c26-4-11(30)16(36)19(39)23(41)34-12-3-10(29)21(44-24-9(28)2-1-8(42-24)6-33-14(31)5-27)20(40)22(12)45-25-18(38)15(32)17(37)13(7-35)43-25/h8-13,15-22,24-25,35-40H,1-7,26-30,32H2,(H2,31,33)(H,34,41). The number of hydrogen-bond acceptors (Lipinski definition) is 18. The third-order valence-corrected chi connectivity index (χ3v) is 8.37. The summed E-state index contributed by atoms with van der Waals surface area (Å²) in [6, 6.07) is -5.16. The summed E-state index contributed by atoms with van der Waals surface area (Å²) in [4.78, 5) is 17.1. The van der Waals surface area contributed by atoms with Crippen LogP contribution < -0.4 is 45.5 Å². The number of carbonyl (C=O) groups is 1. The van der Waals surface area contributed by atoms with Crippen molar-refractivity contribution in [1.82, 2.24) is 5.32 Å². The van der Waals surface area contributed by atoms with Crippen LogP contribution in [0, 0.1) is 0 Å². The molecule has 3 fully saturated rings. The highest BCUT2D eigenvalue weighted by molar-refractivity contribution is 5.82. The number of aliphatic imine (C=N–C) groups is 1. The zero-order chi connectivity index (χ0) is 33.6. The Labute approximate surface area is 260 Å². The molecule has 0 aromatic heterocycles. The van der Waals surface area contributed by atoms with Crippen LogP contribution in [0.4, 0.5) is 0 Å². The number of amides is 1. The maximum absolute atomic E-state index is 12.9. The van der Waals surface area contributed by atoms with Gasteiger partial charge in [-0.15, -0.1) is 0 Å². The predicted molar refractivity (Wildman–Crippen MR) is 156 cm³/mol. The summed E-state index contributed by atoms with van der Waals surface area (Å²) in [5.74, 6) is -0.832. The van der Waals surface area contributed by atoms with E-state index in [-0.39, 0.29) is 31.9 Å². The van der Waals surface area contributed by atoms with Gasteiger partial charge in [0.1, 0.15) is 48.6 Å². The fourth-order valence-electron chi connectivity index (χ4n) is 5.50. The molecule has 2 aliphatic heterocycles. The molecule has 262 valence electrons. The van der Waals surface area contributed by atoms with E-state index < -0.39 is 110 Å². The Balaban J connectivity index is 1.83. The third kappa shape index (κ3) is 9.22. The third-order valence-electron chi connectivity index (χ3n) is 8.37. The SMILES string of the molecule is NCC(N)=NCC1CCC(N)C(OC2C(N)CC(NC(=O)C(O)C(O)C(N)CN)C(OC3OC(CO)C(O)C(N)C3O)C2O)O1. The number of ether oxygens (including phenoxy) is 4. The van der Waals surface area contributed by atoms with Crippen LogP contribution in [0.5, 0.6) is 0 Å². The molecule has 16 unspecified atom stereocenters. The van der Waals surface area contributed by atoms with E-state index in [1.807, 2.05) is 0 Å². The molecule has 3 rings (SSSR count). The van der Waals surface area contributed by atoms with E-state index in [1.54, 1.807) is 0 Å². The molecular formula is C25H51N9O11. The van der Waals surface area contributed by atoms with Crippen LogP contribution >= 0.6 is 0 Å². The zero-order valence-corrected chi connectivity index (χ0v) is 24.9. The molecule has 45 heavy (non-hydrogen) atoms. The van der Waals surface area contributed by atoms with E-state index in [1.165, 1.54) is 0 Å². The molecule has 0 bridgehead atoms. The van der Waals surface area contributed by atoms with Gasteiger partial charge in [-0.3, -0.25) is 9.79 Å². The maximum Gasteiger partial charge on any atom is 0.251 e. The van der Waals surface area contributed by atoms with E-state index in [0.717, 1.165) is 0 Å². The van der Waals surface area contributed by atoms with Crippen molar-refractivity contribution in [3.05, 3.63) is 0 Å². The Bertz CT molecular complexity index is 971. The van der Waals surface area contributed by atoms with Gasteiger partial charge >= 0.3 is 0 Å². The van der Waals surface area contributed by atoms with Gasteiger partial charge < -0.3 is 95.0 Å². The molecule has 3 aliphatic rings. The molecule has 21 N–H and O–H groups in total. The summed E-state index contributed by atoms with van der Waals surface area (Å²) in [7, 11) is 0. The molecule has 0 spiro atoms. The first kappa shape index (κ1) is 37.8. The first-order chi connectivity index (χ1) is 21.2. The molecule has 16 atom stereocenters. The van der Waals surface area contributed by atoms with Crippen molar-refractivity contribution in [2.45, 2.75) is 117 Å². The number of nitrogens with two attached hydrogens (primary N) is 7. The first-order valence-electron chi connectivity index (χ1n) is 14.9. The number of aliphatic hydroxyl groups excluding tert-OH is 6. The Morgan fingerprint density at radius 2 is 1.62 bits per heavy atom. The van der Waals surface area contributed by atoms with Crippen LogP contribution in [0.25, 0.3) is 0 Å². The molecule has 1 amide bonds. The minimum absolute atomic E-state index is 0.0759. The Morgan fingerprint density at radius 1 is 0.956 bits per heavy atom. The van der Waals surface area contributed by atoms with Crippen LogP contribution in [0.3, 0.4) is 0 Å². The van der Waals surface area contributed by atoms with Gasteiger partial charge in [0.25, 0.3) is 5.91 Å². The number of hydrogen-bond donors (Lipinski definition) is 14. The second-order valence-electron chi connectivity index (χ2n) is 11.7. The quantitative estimate of drug-likeness (QED) is 0.0647. The topological polar surface area (TPSA) is 382 Å².